The SMILES string of the molecule is CC(C)(N)C(=O)N[C@H](Cc1c[nH]c2ccc(F)cc12)C(=O)N1CCC2(CC1)CC(CC(=O)O)c1ccccc12. The number of H-pyrrole nitrogens is 1. The van der Waals surface area contributed by atoms with E-state index in [1.54, 1.807) is 31.0 Å². The number of hydrogen-bond acceptors (Lipinski definition) is 4. The molecule has 1 aliphatic heterocycles. The third kappa shape index (κ3) is 5.28. The predicted octanol–water partition coefficient (Wildman–Crippen LogP) is 3.59. The highest BCUT2D eigenvalue weighted by molar-refractivity contribution is 5.92. The summed E-state index contributed by atoms with van der Waals surface area (Å²) in [6.45, 7) is 4.16. The van der Waals surface area contributed by atoms with Crippen molar-refractivity contribution in [2.75, 3.05) is 13.1 Å². The van der Waals surface area contributed by atoms with Gasteiger partial charge in [0.1, 0.15) is 11.9 Å². The zero-order valence-electron chi connectivity index (χ0n) is 22.3. The Morgan fingerprint density at radius 3 is 2.62 bits per heavy atom. The van der Waals surface area contributed by atoms with E-state index < -0.39 is 23.5 Å². The Morgan fingerprint density at radius 2 is 1.92 bits per heavy atom. The van der Waals surface area contributed by atoms with Crippen LogP contribution in [0.5, 0.6) is 0 Å². The maximum atomic E-state index is 14.0. The monoisotopic (exact) mass is 534 g/mol. The number of carboxylic acids is 1. The molecule has 2 heterocycles. The quantitative estimate of drug-likeness (QED) is 0.368. The number of rotatable bonds is 7. The molecule has 0 saturated carbocycles. The Hall–Kier alpha value is -3.72. The number of aromatic nitrogens is 1. The standard InChI is InChI=1S/C30H35FN4O4/c1-29(2,32)28(39)34-25(13-19-17-33-24-8-7-20(31)15-22(19)24)27(38)35-11-9-30(10-12-35)16-18(14-26(36)37)21-5-3-4-6-23(21)30/h3-8,15,17-18,25,33H,9-14,16,32H2,1-2H3,(H,34,39)(H,36,37)/t18?,25-/m1/s1. The number of aromatic amines is 1. The van der Waals surface area contributed by atoms with Crippen LogP contribution in [0, 0.1) is 5.82 Å². The molecule has 0 bridgehead atoms. The van der Waals surface area contributed by atoms with Gasteiger partial charge in [-0.15, -0.1) is 0 Å². The van der Waals surface area contributed by atoms with E-state index in [2.05, 4.69) is 16.4 Å². The van der Waals surface area contributed by atoms with Gasteiger partial charge in [0.05, 0.1) is 12.0 Å². The zero-order chi connectivity index (χ0) is 27.9. The Morgan fingerprint density at radius 1 is 1.21 bits per heavy atom. The molecule has 5 rings (SSSR count). The fourth-order valence-corrected chi connectivity index (χ4v) is 6.35. The first-order valence-electron chi connectivity index (χ1n) is 13.4. The molecule has 5 N–H and O–H groups in total. The summed E-state index contributed by atoms with van der Waals surface area (Å²) in [4.78, 5) is 43.1. The van der Waals surface area contributed by atoms with E-state index in [0.29, 0.717) is 31.3 Å². The minimum atomic E-state index is -1.18. The summed E-state index contributed by atoms with van der Waals surface area (Å²) < 4.78 is 14.0. The topological polar surface area (TPSA) is 129 Å². The van der Waals surface area contributed by atoms with Crippen LogP contribution in [0.1, 0.15) is 62.1 Å². The summed E-state index contributed by atoms with van der Waals surface area (Å²) in [5.74, 6) is -1.87. The number of carbonyl (C=O) groups is 3. The van der Waals surface area contributed by atoms with Gasteiger partial charge in [-0.1, -0.05) is 24.3 Å². The molecule has 2 aliphatic rings. The number of hydrogen-bond donors (Lipinski definition) is 4. The van der Waals surface area contributed by atoms with Crippen molar-refractivity contribution >= 4 is 28.7 Å². The van der Waals surface area contributed by atoms with Gasteiger partial charge in [-0.3, -0.25) is 14.4 Å². The first kappa shape index (κ1) is 26.9. The van der Waals surface area contributed by atoms with Crippen molar-refractivity contribution in [3.8, 4) is 0 Å². The Kier molecular flexibility index (Phi) is 6.97. The molecule has 206 valence electrons. The lowest BCUT2D eigenvalue weighted by molar-refractivity contribution is -0.138. The van der Waals surface area contributed by atoms with Crippen molar-refractivity contribution in [1.82, 2.24) is 15.2 Å². The lowest BCUT2D eigenvalue weighted by atomic mass is 9.73. The molecule has 1 saturated heterocycles. The van der Waals surface area contributed by atoms with Crippen molar-refractivity contribution in [2.45, 2.75) is 68.9 Å². The maximum absolute atomic E-state index is 14.0. The van der Waals surface area contributed by atoms with Crippen LogP contribution in [-0.4, -0.2) is 57.4 Å². The van der Waals surface area contributed by atoms with Crippen molar-refractivity contribution in [3.05, 3.63) is 71.2 Å². The number of piperidine rings is 1. The van der Waals surface area contributed by atoms with Crippen LogP contribution in [-0.2, 0) is 26.2 Å². The molecule has 1 aliphatic carbocycles. The van der Waals surface area contributed by atoms with Gasteiger partial charge in [-0.25, -0.2) is 4.39 Å². The second-order valence-electron chi connectivity index (χ2n) is 11.6. The summed E-state index contributed by atoms with van der Waals surface area (Å²) in [6, 6.07) is 11.6. The van der Waals surface area contributed by atoms with Crippen LogP contribution < -0.4 is 11.1 Å². The number of carboxylic acid groups (broad SMARTS) is 1. The maximum Gasteiger partial charge on any atom is 0.303 e. The zero-order valence-corrected chi connectivity index (χ0v) is 22.3. The largest absolute Gasteiger partial charge is 0.481 e. The molecule has 3 aromatic rings. The number of nitrogens with one attached hydrogen (secondary N) is 2. The molecule has 2 aromatic carbocycles. The molecule has 0 radical (unpaired) electrons. The van der Waals surface area contributed by atoms with Crippen LogP contribution in [0.2, 0.25) is 0 Å². The van der Waals surface area contributed by atoms with Gasteiger partial charge in [0.2, 0.25) is 11.8 Å². The van der Waals surface area contributed by atoms with Crippen LogP contribution in [0.4, 0.5) is 4.39 Å². The van der Waals surface area contributed by atoms with Gasteiger partial charge in [0.25, 0.3) is 0 Å². The summed E-state index contributed by atoms with van der Waals surface area (Å²) in [6.07, 6.45) is 4.21. The highest BCUT2D eigenvalue weighted by Gasteiger charge is 2.46. The normalized spacial score (nSPS) is 19.2. The van der Waals surface area contributed by atoms with Crippen LogP contribution in [0.25, 0.3) is 10.9 Å². The molecule has 1 fully saturated rings. The Labute approximate surface area is 226 Å². The van der Waals surface area contributed by atoms with E-state index in [0.717, 1.165) is 23.1 Å². The smallest absolute Gasteiger partial charge is 0.303 e. The molecule has 39 heavy (non-hydrogen) atoms. The van der Waals surface area contributed by atoms with Gasteiger partial charge < -0.3 is 26.0 Å². The molecular formula is C30H35FN4O4. The second-order valence-corrected chi connectivity index (χ2v) is 11.6. The average Bonchev–Trinajstić information content (AvgIpc) is 3.41. The average molecular weight is 535 g/mol. The number of fused-ring (bicyclic) bond motifs is 3. The van der Waals surface area contributed by atoms with E-state index in [1.165, 1.54) is 17.7 Å². The van der Waals surface area contributed by atoms with Gasteiger partial charge in [0, 0.05) is 36.6 Å². The lowest BCUT2D eigenvalue weighted by Gasteiger charge is -2.41. The molecule has 8 nitrogen and oxygen atoms in total. The van der Waals surface area contributed by atoms with Crippen LogP contribution in [0.3, 0.4) is 0 Å². The molecule has 9 heteroatoms. The lowest BCUT2D eigenvalue weighted by Crippen LogP contribution is -2.58. The summed E-state index contributed by atoms with van der Waals surface area (Å²) in [7, 11) is 0. The third-order valence-corrected chi connectivity index (χ3v) is 8.40. The highest BCUT2D eigenvalue weighted by Crippen LogP contribution is 2.52. The van der Waals surface area contributed by atoms with Gasteiger partial charge in [0.15, 0.2) is 0 Å². The number of likely N-dealkylation sites (tertiary alicyclic amines) is 1. The molecular weight excluding hydrogens is 499 g/mol. The van der Waals surface area contributed by atoms with E-state index in [9.17, 15) is 23.9 Å². The van der Waals surface area contributed by atoms with E-state index in [-0.39, 0.29) is 35.9 Å². The van der Waals surface area contributed by atoms with Gasteiger partial charge in [-0.2, -0.15) is 0 Å². The number of benzene rings is 2. The summed E-state index contributed by atoms with van der Waals surface area (Å²) in [5.41, 5.74) is 8.45. The number of carbonyl (C=O) groups excluding carboxylic acids is 2. The minimum absolute atomic E-state index is 0.0398. The first-order chi connectivity index (χ1) is 18.5. The molecule has 1 aromatic heterocycles. The Bertz CT molecular complexity index is 1420. The van der Waals surface area contributed by atoms with Gasteiger partial charge in [-0.05, 0) is 79.3 Å². The number of amides is 2. The fraction of sp³-hybridized carbons (Fsp3) is 0.433. The van der Waals surface area contributed by atoms with Crippen LogP contribution >= 0.6 is 0 Å². The Balaban J connectivity index is 1.36. The highest BCUT2D eigenvalue weighted by atomic mass is 19.1. The van der Waals surface area contributed by atoms with Crippen molar-refractivity contribution < 1.29 is 23.9 Å². The van der Waals surface area contributed by atoms with Crippen molar-refractivity contribution in [3.63, 3.8) is 0 Å². The molecule has 2 amide bonds. The van der Waals surface area contributed by atoms with Gasteiger partial charge >= 0.3 is 5.97 Å². The number of halogens is 1. The second kappa shape index (κ2) is 10.1. The number of nitrogens with zero attached hydrogens (tertiary/aromatic N) is 1. The van der Waals surface area contributed by atoms with E-state index >= 15 is 0 Å². The predicted molar refractivity (Wildman–Crippen MR) is 146 cm³/mol. The fourth-order valence-electron chi connectivity index (χ4n) is 6.35. The molecule has 2 atom stereocenters. The number of nitrogens with two attached hydrogens (primary N) is 1. The van der Waals surface area contributed by atoms with Crippen LogP contribution in [0.15, 0.2) is 48.7 Å². The molecule has 1 spiro atoms. The minimum Gasteiger partial charge on any atom is -0.481 e. The van der Waals surface area contributed by atoms with Crippen molar-refractivity contribution in [2.24, 2.45) is 5.73 Å². The summed E-state index contributed by atoms with van der Waals surface area (Å²) in [5, 5.41) is 13.0. The van der Waals surface area contributed by atoms with Crippen molar-refractivity contribution in [1.29, 1.82) is 0 Å². The number of aliphatic carboxylic acids is 1. The van der Waals surface area contributed by atoms with E-state index in [1.807, 2.05) is 18.2 Å². The first-order valence-corrected chi connectivity index (χ1v) is 13.4. The third-order valence-electron chi connectivity index (χ3n) is 8.40. The molecule has 1 unspecified atom stereocenters. The van der Waals surface area contributed by atoms with E-state index in [4.69, 9.17) is 5.73 Å². The summed E-state index contributed by atoms with van der Waals surface area (Å²) >= 11 is 0.